The van der Waals surface area contributed by atoms with Gasteiger partial charge in [-0.05, 0) is 37.9 Å². The lowest BCUT2D eigenvalue weighted by molar-refractivity contribution is -0.121. The molecule has 1 aliphatic heterocycles. The van der Waals surface area contributed by atoms with E-state index in [2.05, 4.69) is 33.0 Å². The number of benzene rings is 1. The first-order valence-corrected chi connectivity index (χ1v) is 9.71. The predicted molar refractivity (Wildman–Crippen MR) is 104 cm³/mol. The number of hydrogen-bond acceptors (Lipinski definition) is 4. The van der Waals surface area contributed by atoms with Crippen molar-refractivity contribution in [3.63, 3.8) is 0 Å². The molecule has 1 aliphatic rings. The number of fused-ring (bicyclic) bond motifs is 1. The van der Waals surface area contributed by atoms with E-state index in [0.29, 0.717) is 12.5 Å². The number of aromatic nitrogens is 4. The van der Waals surface area contributed by atoms with Crippen LogP contribution >= 0.6 is 0 Å². The molecule has 0 radical (unpaired) electrons. The van der Waals surface area contributed by atoms with Crippen LogP contribution in [-0.4, -0.2) is 45.1 Å². The fourth-order valence-corrected chi connectivity index (χ4v) is 3.78. The number of nitrogens with one attached hydrogen (secondary N) is 2. The van der Waals surface area contributed by atoms with Crippen molar-refractivity contribution in [2.75, 3.05) is 19.6 Å². The lowest BCUT2D eigenvalue weighted by Crippen LogP contribution is -2.33. The molecule has 1 saturated heterocycles. The molecule has 0 unspecified atom stereocenters. The van der Waals surface area contributed by atoms with Gasteiger partial charge >= 0.3 is 0 Å². The first kappa shape index (κ1) is 17.7. The van der Waals surface area contributed by atoms with E-state index < -0.39 is 0 Å². The third-order valence-corrected chi connectivity index (χ3v) is 5.18. The second kappa shape index (κ2) is 8.35. The first-order chi connectivity index (χ1) is 13.3. The van der Waals surface area contributed by atoms with Gasteiger partial charge in [0, 0.05) is 42.8 Å². The van der Waals surface area contributed by atoms with E-state index in [0.717, 1.165) is 49.1 Å². The van der Waals surface area contributed by atoms with Crippen LogP contribution in [0, 0.1) is 0 Å². The molecule has 1 fully saturated rings. The van der Waals surface area contributed by atoms with Gasteiger partial charge in [-0.2, -0.15) is 10.2 Å². The third kappa shape index (κ3) is 4.19. The third-order valence-electron chi connectivity index (χ3n) is 5.18. The van der Waals surface area contributed by atoms with E-state index >= 15 is 0 Å². The zero-order chi connectivity index (χ0) is 18.5. The zero-order valence-corrected chi connectivity index (χ0v) is 15.5. The van der Waals surface area contributed by atoms with Gasteiger partial charge in [0.2, 0.25) is 5.91 Å². The lowest BCUT2D eigenvalue weighted by Gasteiger charge is -2.23. The Morgan fingerprint density at radius 1 is 1.22 bits per heavy atom. The minimum atomic E-state index is 0.00837. The summed E-state index contributed by atoms with van der Waals surface area (Å²) in [5.41, 5.74) is 2.28. The molecular formula is C20H26N6O. The molecule has 7 heteroatoms. The maximum absolute atomic E-state index is 12.3. The van der Waals surface area contributed by atoms with Gasteiger partial charge in [0.25, 0.3) is 0 Å². The van der Waals surface area contributed by atoms with Crippen LogP contribution in [0.3, 0.4) is 0 Å². The molecule has 0 bridgehead atoms. The lowest BCUT2D eigenvalue weighted by atomic mass is 9.96. The van der Waals surface area contributed by atoms with Gasteiger partial charge in [-0.15, -0.1) is 0 Å². The highest BCUT2D eigenvalue weighted by Gasteiger charge is 2.19. The largest absolute Gasteiger partial charge is 0.354 e. The quantitative estimate of drug-likeness (QED) is 0.626. The van der Waals surface area contributed by atoms with Crippen molar-refractivity contribution >= 4 is 16.8 Å². The smallest absolute Gasteiger partial charge is 0.241 e. The predicted octanol–water partition coefficient (Wildman–Crippen LogP) is 1.91. The first-order valence-electron chi connectivity index (χ1n) is 9.71. The molecule has 142 valence electrons. The summed E-state index contributed by atoms with van der Waals surface area (Å²) in [5.74, 6) is 0.455. The second-order valence-electron chi connectivity index (χ2n) is 7.09. The number of aryl methyl sites for hydroxylation is 1. The van der Waals surface area contributed by atoms with E-state index in [4.69, 9.17) is 0 Å². The fraction of sp³-hybridized carbons (Fsp3) is 0.450. The standard InChI is InChI=1S/C20H26N6O/c27-20(15-26-19(8-11-23-26)16-6-3-9-21-13-16)22-10-4-12-25-18-7-2-1-5-17(18)14-24-25/h1-2,5,7-8,11,14,16,21H,3-4,6,9-10,12-13,15H2,(H,22,27)/t16-/m0/s1. The molecule has 1 aromatic carbocycles. The van der Waals surface area contributed by atoms with Crippen LogP contribution < -0.4 is 10.6 Å². The highest BCUT2D eigenvalue weighted by Crippen LogP contribution is 2.22. The number of carbonyl (C=O) groups excluding carboxylic acids is 1. The van der Waals surface area contributed by atoms with Gasteiger partial charge in [-0.1, -0.05) is 18.2 Å². The van der Waals surface area contributed by atoms with Crippen molar-refractivity contribution in [2.45, 2.75) is 38.3 Å². The van der Waals surface area contributed by atoms with Crippen LogP contribution in [0.2, 0.25) is 0 Å². The van der Waals surface area contributed by atoms with Crippen LogP contribution in [0.5, 0.6) is 0 Å². The van der Waals surface area contributed by atoms with E-state index in [1.807, 2.05) is 33.8 Å². The number of amides is 1. The Balaban J connectivity index is 1.25. The zero-order valence-electron chi connectivity index (χ0n) is 15.5. The summed E-state index contributed by atoms with van der Waals surface area (Å²) in [5, 5.41) is 16.3. The summed E-state index contributed by atoms with van der Waals surface area (Å²) in [4.78, 5) is 12.3. The Hall–Kier alpha value is -2.67. The average Bonchev–Trinajstić information content (AvgIpc) is 3.33. The average molecular weight is 366 g/mol. The minimum absolute atomic E-state index is 0.00837. The van der Waals surface area contributed by atoms with Crippen molar-refractivity contribution in [3.8, 4) is 0 Å². The Morgan fingerprint density at radius 3 is 3.04 bits per heavy atom. The SMILES string of the molecule is O=C(Cn1nccc1[C@H]1CCCNC1)NCCCn1ncc2ccccc21. The molecule has 7 nitrogen and oxygen atoms in total. The van der Waals surface area contributed by atoms with Crippen molar-refractivity contribution in [2.24, 2.45) is 0 Å². The summed E-state index contributed by atoms with van der Waals surface area (Å²) in [6.45, 7) is 3.74. The molecule has 0 spiro atoms. The topological polar surface area (TPSA) is 76.8 Å². The van der Waals surface area contributed by atoms with Crippen LogP contribution in [-0.2, 0) is 17.9 Å². The summed E-state index contributed by atoms with van der Waals surface area (Å²) in [7, 11) is 0. The van der Waals surface area contributed by atoms with Crippen molar-refractivity contribution in [1.29, 1.82) is 0 Å². The van der Waals surface area contributed by atoms with Crippen molar-refractivity contribution in [3.05, 3.63) is 48.4 Å². The molecule has 2 aromatic heterocycles. The number of rotatable bonds is 7. The van der Waals surface area contributed by atoms with E-state index in [-0.39, 0.29) is 12.5 Å². The number of para-hydroxylation sites is 1. The molecule has 2 N–H and O–H groups in total. The Bertz CT molecular complexity index is 893. The number of hydrogen-bond donors (Lipinski definition) is 2. The Morgan fingerprint density at radius 2 is 2.15 bits per heavy atom. The molecule has 3 aromatic rings. The Kier molecular flexibility index (Phi) is 5.48. The molecule has 3 heterocycles. The summed E-state index contributed by atoms with van der Waals surface area (Å²) < 4.78 is 3.83. The van der Waals surface area contributed by atoms with Gasteiger partial charge in [-0.25, -0.2) is 0 Å². The number of carbonyl (C=O) groups is 1. The number of nitrogens with zero attached hydrogens (tertiary/aromatic N) is 4. The Labute approximate surface area is 158 Å². The molecular weight excluding hydrogens is 340 g/mol. The second-order valence-corrected chi connectivity index (χ2v) is 7.09. The van der Waals surface area contributed by atoms with Gasteiger partial charge in [0.1, 0.15) is 6.54 Å². The maximum Gasteiger partial charge on any atom is 0.241 e. The van der Waals surface area contributed by atoms with Crippen LogP contribution in [0.25, 0.3) is 10.9 Å². The van der Waals surface area contributed by atoms with E-state index in [1.54, 1.807) is 6.20 Å². The molecule has 4 rings (SSSR count). The normalized spacial score (nSPS) is 17.3. The highest BCUT2D eigenvalue weighted by molar-refractivity contribution is 5.78. The van der Waals surface area contributed by atoms with Gasteiger partial charge in [0.05, 0.1) is 11.7 Å². The van der Waals surface area contributed by atoms with E-state index in [1.165, 1.54) is 6.42 Å². The molecule has 27 heavy (non-hydrogen) atoms. The van der Waals surface area contributed by atoms with Crippen LogP contribution in [0.1, 0.15) is 30.9 Å². The molecule has 1 amide bonds. The molecule has 1 atom stereocenters. The maximum atomic E-state index is 12.3. The van der Waals surface area contributed by atoms with Crippen LogP contribution in [0.4, 0.5) is 0 Å². The monoisotopic (exact) mass is 366 g/mol. The summed E-state index contributed by atoms with van der Waals surface area (Å²) in [6.07, 6.45) is 6.84. The van der Waals surface area contributed by atoms with E-state index in [9.17, 15) is 4.79 Å². The molecule has 0 saturated carbocycles. The van der Waals surface area contributed by atoms with Crippen LogP contribution in [0.15, 0.2) is 42.7 Å². The van der Waals surface area contributed by atoms with Gasteiger partial charge < -0.3 is 10.6 Å². The van der Waals surface area contributed by atoms with Gasteiger partial charge in [0.15, 0.2) is 0 Å². The highest BCUT2D eigenvalue weighted by atomic mass is 16.2. The van der Waals surface area contributed by atoms with Crippen molar-refractivity contribution < 1.29 is 4.79 Å². The summed E-state index contributed by atoms with van der Waals surface area (Å²) in [6, 6.07) is 10.2. The molecule has 0 aliphatic carbocycles. The summed E-state index contributed by atoms with van der Waals surface area (Å²) >= 11 is 0. The van der Waals surface area contributed by atoms with Gasteiger partial charge in [-0.3, -0.25) is 14.2 Å². The minimum Gasteiger partial charge on any atom is -0.354 e. The number of piperidine rings is 1. The van der Waals surface area contributed by atoms with Crippen molar-refractivity contribution in [1.82, 2.24) is 30.2 Å². The fourth-order valence-electron chi connectivity index (χ4n) is 3.78.